The van der Waals surface area contributed by atoms with Crippen LogP contribution in [0, 0.1) is 5.41 Å². The van der Waals surface area contributed by atoms with Crippen LogP contribution in [0.15, 0.2) is 54.6 Å². The van der Waals surface area contributed by atoms with E-state index in [1.54, 1.807) is 17.0 Å². The molecule has 5 heteroatoms. The zero-order valence-corrected chi connectivity index (χ0v) is 16.4. The minimum Gasteiger partial charge on any atom is -0.493 e. The summed E-state index contributed by atoms with van der Waals surface area (Å²) in [4.78, 5) is 26.7. The average Bonchev–Trinajstić information content (AvgIpc) is 2.74. The maximum Gasteiger partial charge on any atom is 0.254 e. The molecule has 2 aromatic carbocycles. The number of likely N-dealkylation sites (tertiary alicyclic amines) is 1. The van der Waals surface area contributed by atoms with Gasteiger partial charge in [0.2, 0.25) is 5.91 Å². The summed E-state index contributed by atoms with van der Waals surface area (Å²) in [6.45, 7) is 3.54. The van der Waals surface area contributed by atoms with E-state index < -0.39 is 5.41 Å². The van der Waals surface area contributed by atoms with Gasteiger partial charge in [-0.15, -0.1) is 0 Å². The predicted molar refractivity (Wildman–Crippen MR) is 109 cm³/mol. The van der Waals surface area contributed by atoms with Crippen molar-refractivity contribution in [2.45, 2.75) is 32.6 Å². The first-order valence-electron chi connectivity index (χ1n) is 9.90. The number of benzene rings is 2. The topological polar surface area (TPSA) is 72.6 Å². The van der Waals surface area contributed by atoms with Crippen molar-refractivity contribution in [3.63, 3.8) is 0 Å². The molecule has 28 heavy (non-hydrogen) atoms. The minimum atomic E-state index is -0.613. The number of amides is 2. The van der Waals surface area contributed by atoms with Crippen molar-refractivity contribution in [3.8, 4) is 5.75 Å². The van der Waals surface area contributed by atoms with Crippen molar-refractivity contribution >= 4 is 11.8 Å². The van der Waals surface area contributed by atoms with Crippen LogP contribution >= 0.6 is 0 Å². The Morgan fingerprint density at radius 2 is 1.93 bits per heavy atom. The van der Waals surface area contributed by atoms with Crippen molar-refractivity contribution in [2.75, 3.05) is 19.7 Å². The molecule has 1 aliphatic heterocycles. The molecule has 3 rings (SSSR count). The second-order valence-corrected chi connectivity index (χ2v) is 7.44. The molecular formula is C23H28N2O3. The summed E-state index contributed by atoms with van der Waals surface area (Å²) < 4.78 is 5.84. The first-order valence-corrected chi connectivity index (χ1v) is 9.90. The summed E-state index contributed by atoms with van der Waals surface area (Å²) >= 11 is 0. The molecule has 1 atom stereocenters. The van der Waals surface area contributed by atoms with Crippen molar-refractivity contribution in [1.29, 1.82) is 0 Å². The van der Waals surface area contributed by atoms with Gasteiger partial charge in [-0.25, -0.2) is 0 Å². The summed E-state index contributed by atoms with van der Waals surface area (Å²) in [6.07, 6.45) is 2.98. The van der Waals surface area contributed by atoms with Crippen LogP contribution in [0.2, 0.25) is 0 Å². The zero-order valence-electron chi connectivity index (χ0n) is 16.4. The van der Waals surface area contributed by atoms with E-state index in [1.807, 2.05) is 37.3 Å². The lowest BCUT2D eigenvalue weighted by Gasteiger charge is -2.40. The number of nitrogens with zero attached hydrogens (tertiary/aromatic N) is 1. The number of carbonyl (C=O) groups excluding carboxylic acids is 2. The van der Waals surface area contributed by atoms with Crippen LogP contribution in [0.4, 0.5) is 0 Å². The fraction of sp³-hybridized carbons (Fsp3) is 0.391. The van der Waals surface area contributed by atoms with Gasteiger partial charge < -0.3 is 15.4 Å². The number of primary amides is 1. The van der Waals surface area contributed by atoms with E-state index in [9.17, 15) is 9.59 Å². The number of hydrogen-bond acceptors (Lipinski definition) is 3. The summed E-state index contributed by atoms with van der Waals surface area (Å²) in [6, 6.07) is 17.4. The third kappa shape index (κ3) is 4.53. The Balaban J connectivity index is 1.64. The molecule has 1 unspecified atom stereocenters. The quantitative estimate of drug-likeness (QED) is 0.800. The summed E-state index contributed by atoms with van der Waals surface area (Å²) in [5.74, 6) is 0.285. The molecule has 2 amide bonds. The number of piperidine rings is 1. The molecule has 1 aliphatic rings. The second kappa shape index (κ2) is 8.91. The number of nitrogens with two attached hydrogens (primary N) is 1. The molecule has 0 radical (unpaired) electrons. The molecule has 0 spiro atoms. The van der Waals surface area contributed by atoms with E-state index >= 15 is 0 Å². The lowest BCUT2D eigenvalue weighted by atomic mass is 9.77. The molecule has 2 aromatic rings. The van der Waals surface area contributed by atoms with Crippen LogP contribution in [0.5, 0.6) is 5.75 Å². The van der Waals surface area contributed by atoms with Gasteiger partial charge in [0.25, 0.3) is 5.91 Å². The van der Waals surface area contributed by atoms with E-state index in [0.717, 1.165) is 19.3 Å². The predicted octanol–water partition coefficient (Wildman–Crippen LogP) is 3.43. The van der Waals surface area contributed by atoms with Gasteiger partial charge >= 0.3 is 0 Å². The molecule has 1 saturated heterocycles. The number of carbonyl (C=O) groups is 2. The number of hydrogen-bond donors (Lipinski definition) is 1. The molecule has 0 aliphatic carbocycles. The highest BCUT2D eigenvalue weighted by atomic mass is 16.5. The Morgan fingerprint density at radius 3 is 2.64 bits per heavy atom. The average molecular weight is 380 g/mol. The highest BCUT2D eigenvalue weighted by Gasteiger charge is 2.40. The summed E-state index contributed by atoms with van der Waals surface area (Å²) in [5, 5.41) is 0. The first-order chi connectivity index (χ1) is 13.5. The van der Waals surface area contributed by atoms with E-state index in [0.29, 0.717) is 37.4 Å². The van der Waals surface area contributed by atoms with Crippen molar-refractivity contribution in [3.05, 3.63) is 65.7 Å². The monoisotopic (exact) mass is 380 g/mol. The fourth-order valence-electron chi connectivity index (χ4n) is 3.80. The lowest BCUT2D eigenvalue weighted by Crippen LogP contribution is -2.51. The van der Waals surface area contributed by atoms with Crippen molar-refractivity contribution < 1.29 is 14.3 Å². The largest absolute Gasteiger partial charge is 0.493 e. The molecule has 1 fully saturated rings. The standard InChI is InChI=1S/C23H28N2O3/c1-2-23(22(24)27)13-7-14-25(17-23)21(26)19-10-6-11-20(16-19)28-15-12-18-8-4-3-5-9-18/h3-6,8-11,16H,2,7,12-15,17H2,1H3,(H2,24,27). The van der Waals surface area contributed by atoms with Crippen LogP contribution in [0.1, 0.15) is 42.1 Å². The van der Waals surface area contributed by atoms with Gasteiger partial charge in [0, 0.05) is 25.1 Å². The highest BCUT2D eigenvalue weighted by molar-refractivity contribution is 5.95. The van der Waals surface area contributed by atoms with Gasteiger partial charge in [0.15, 0.2) is 0 Å². The molecule has 1 heterocycles. The Morgan fingerprint density at radius 1 is 1.14 bits per heavy atom. The normalized spacial score (nSPS) is 19.2. The second-order valence-electron chi connectivity index (χ2n) is 7.44. The van der Waals surface area contributed by atoms with Crippen molar-refractivity contribution in [2.24, 2.45) is 11.1 Å². The van der Waals surface area contributed by atoms with Gasteiger partial charge in [-0.2, -0.15) is 0 Å². The van der Waals surface area contributed by atoms with Gasteiger partial charge in [0.1, 0.15) is 5.75 Å². The first kappa shape index (κ1) is 19.9. The van der Waals surface area contributed by atoms with Crippen molar-refractivity contribution in [1.82, 2.24) is 4.90 Å². The van der Waals surface area contributed by atoms with Gasteiger partial charge in [-0.1, -0.05) is 43.3 Å². The maximum atomic E-state index is 13.0. The Hall–Kier alpha value is -2.82. The third-order valence-corrected chi connectivity index (χ3v) is 5.65. The summed E-state index contributed by atoms with van der Waals surface area (Å²) in [5.41, 5.74) is 6.82. The SMILES string of the molecule is CCC1(C(N)=O)CCCN(C(=O)c2cccc(OCCc3ccccc3)c2)C1. The molecule has 2 N–H and O–H groups in total. The third-order valence-electron chi connectivity index (χ3n) is 5.65. The maximum absolute atomic E-state index is 13.0. The van der Waals surface area contributed by atoms with Gasteiger partial charge in [-0.05, 0) is 43.0 Å². The number of rotatable bonds is 7. The van der Waals surface area contributed by atoms with E-state index in [-0.39, 0.29) is 11.8 Å². The van der Waals surface area contributed by atoms with Gasteiger partial charge in [-0.3, -0.25) is 9.59 Å². The van der Waals surface area contributed by atoms with E-state index in [2.05, 4.69) is 12.1 Å². The van der Waals surface area contributed by atoms with Crippen LogP contribution in [-0.4, -0.2) is 36.4 Å². The fourth-order valence-corrected chi connectivity index (χ4v) is 3.80. The molecule has 0 saturated carbocycles. The van der Waals surface area contributed by atoms with Crippen LogP contribution in [-0.2, 0) is 11.2 Å². The zero-order chi connectivity index (χ0) is 20.0. The van der Waals surface area contributed by atoms with Gasteiger partial charge in [0.05, 0.1) is 12.0 Å². The molecular weight excluding hydrogens is 352 g/mol. The summed E-state index contributed by atoms with van der Waals surface area (Å²) in [7, 11) is 0. The van der Waals surface area contributed by atoms with E-state index in [1.165, 1.54) is 5.56 Å². The minimum absolute atomic E-state index is 0.0766. The van der Waals surface area contributed by atoms with Crippen LogP contribution in [0.25, 0.3) is 0 Å². The smallest absolute Gasteiger partial charge is 0.254 e. The Kier molecular flexibility index (Phi) is 6.34. The molecule has 5 nitrogen and oxygen atoms in total. The highest BCUT2D eigenvalue weighted by Crippen LogP contribution is 2.33. The van der Waals surface area contributed by atoms with Crippen LogP contribution in [0.3, 0.4) is 0 Å². The van der Waals surface area contributed by atoms with Crippen LogP contribution < -0.4 is 10.5 Å². The molecule has 0 aromatic heterocycles. The number of ether oxygens (including phenoxy) is 1. The lowest BCUT2D eigenvalue weighted by molar-refractivity contribution is -0.130. The Bertz CT molecular complexity index is 822. The molecule has 148 valence electrons. The Labute approximate surface area is 166 Å². The molecule has 0 bridgehead atoms. The van der Waals surface area contributed by atoms with E-state index in [4.69, 9.17) is 10.5 Å².